The highest BCUT2D eigenvalue weighted by Crippen LogP contribution is 2.36. The molecule has 1 aliphatic heterocycles. The second kappa shape index (κ2) is 7.63. The van der Waals surface area contributed by atoms with Crippen molar-refractivity contribution in [3.63, 3.8) is 0 Å². The molecule has 0 atom stereocenters. The molecule has 0 bridgehead atoms. The molecule has 0 saturated heterocycles. The second-order valence-corrected chi connectivity index (χ2v) is 5.50. The van der Waals surface area contributed by atoms with Gasteiger partial charge in [-0.2, -0.15) is 5.26 Å². The molecule has 5 heteroatoms. The minimum atomic E-state index is 0.612. The van der Waals surface area contributed by atoms with Crippen LogP contribution in [0.15, 0.2) is 42.5 Å². The monoisotopic (exact) mass is 337 g/mol. The van der Waals surface area contributed by atoms with Crippen LogP contribution in [0.2, 0.25) is 0 Å². The summed E-state index contributed by atoms with van der Waals surface area (Å²) >= 11 is 0. The molecular weight excluding hydrogens is 318 g/mol. The van der Waals surface area contributed by atoms with Crippen molar-refractivity contribution >= 4 is 5.57 Å². The van der Waals surface area contributed by atoms with Crippen molar-refractivity contribution in [3.8, 4) is 29.1 Å². The highest BCUT2D eigenvalue weighted by molar-refractivity contribution is 5.83. The molecule has 0 aliphatic carbocycles. The number of fused-ring (bicyclic) bond motifs is 1. The fourth-order valence-corrected chi connectivity index (χ4v) is 2.69. The van der Waals surface area contributed by atoms with E-state index in [1.807, 2.05) is 30.3 Å². The van der Waals surface area contributed by atoms with Crippen molar-refractivity contribution in [2.24, 2.45) is 0 Å². The highest BCUT2D eigenvalue weighted by atomic mass is 16.5. The molecule has 0 radical (unpaired) electrons. The lowest BCUT2D eigenvalue weighted by atomic mass is 9.96. The third kappa shape index (κ3) is 3.69. The maximum absolute atomic E-state index is 9.25. The number of rotatable bonds is 4. The summed E-state index contributed by atoms with van der Waals surface area (Å²) in [5, 5.41) is 9.25. The van der Waals surface area contributed by atoms with Crippen molar-refractivity contribution < 1.29 is 18.9 Å². The maximum atomic E-state index is 9.25. The Bertz CT molecular complexity index is 814. The molecule has 128 valence electrons. The summed E-state index contributed by atoms with van der Waals surface area (Å²) in [4.78, 5) is 0. The Morgan fingerprint density at radius 1 is 0.960 bits per heavy atom. The van der Waals surface area contributed by atoms with Crippen molar-refractivity contribution in [1.82, 2.24) is 0 Å². The Morgan fingerprint density at radius 2 is 1.64 bits per heavy atom. The molecule has 0 fully saturated rings. The first-order valence-corrected chi connectivity index (χ1v) is 7.98. The molecular formula is C20H19NO4. The van der Waals surface area contributed by atoms with Gasteiger partial charge in [-0.1, -0.05) is 6.07 Å². The van der Waals surface area contributed by atoms with Gasteiger partial charge in [-0.25, -0.2) is 0 Å². The van der Waals surface area contributed by atoms with Crippen LogP contribution in [0.1, 0.15) is 17.5 Å². The molecule has 0 spiro atoms. The molecule has 0 aromatic heterocycles. The van der Waals surface area contributed by atoms with Gasteiger partial charge >= 0.3 is 0 Å². The number of hydrogen-bond donors (Lipinski definition) is 0. The van der Waals surface area contributed by atoms with E-state index in [2.05, 4.69) is 6.07 Å². The van der Waals surface area contributed by atoms with Gasteiger partial charge in [-0.05, 0) is 41.0 Å². The normalized spacial score (nSPS) is 13.6. The summed E-state index contributed by atoms with van der Waals surface area (Å²) in [7, 11) is 3.19. The predicted molar refractivity (Wildman–Crippen MR) is 94.3 cm³/mol. The highest BCUT2D eigenvalue weighted by Gasteiger charge is 2.15. The van der Waals surface area contributed by atoms with Crippen LogP contribution in [0.4, 0.5) is 0 Å². The van der Waals surface area contributed by atoms with Crippen LogP contribution in [0, 0.1) is 11.3 Å². The van der Waals surface area contributed by atoms with Crippen LogP contribution in [-0.2, 0) is 0 Å². The number of hydrogen-bond acceptors (Lipinski definition) is 5. The van der Waals surface area contributed by atoms with Gasteiger partial charge in [0.05, 0.1) is 33.5 Å². The SMILES string of the molecule is COc1cc(OC)cc(/C(=C/C#N)c2ccc3c(c2)OCCCO3)c1. The van der Waals surface area contributed by atoms with E-state index < -0.39 is 0 Å². The molecule has 5 nitrogen and oxygen atoms in total. The molecule has 2 aromatic rings. The van der Waals surface area contributed by atoms with Crippen LogP contribution in [0.5, 0.6) is 23.0 Å². The molecule has 1 heterocycles. The fourth-order valence-electron chi connectivity index (χ4n) is 2.69. The number of ether oxygens (including phenoxy) is 4. The summed E-state index contributed by atoms with van der Waals surface area (Å²) in [6, 6.07) is 13.3. The van der Waals surface area contributed by atoms with Gasteiger partial charge in [0, 0.05) is 18.6 Å². The van der Waals surface area contributed by atoms with Crippen LogP contribution < -0.4 is 18.9 Å². The van der Waals surface area contributed by atoms with Gasteiger partial charge in [0.2, 0.25) is 0 Å². The minimum Gasteiger partial charge on any atom is -0.497 e. The third-order valence-electron chi connectivity index (χ3n) is 3.93. The van der Waals surface area contributed by atoms with Crippen LogP contribution >= 0.6 is 0 Å². The summed E-state index contributed by atoms with van der Waals surface area (Å²) in [5.74, 6) is 2.73. The Balaban J connectivity index is 2.07. The molecule has 3 rings (SSSR count). The standard InChI is InChI=1S/C20H19NO4/c1-22-16-10-15(11-17(13-16)23-2)18(6-7-21)14-4-5-19-20(12-14)25-9-3-8-24-19/h4-6,10-13H,3,8-9H2,1-2H3/b18-6+. The summed E-state index contributed by atoms with van der Waals surface area (Å²) in [6.07, 6.45) is 2.35. The maximum Gasteiger partial charge on any atom is 0.161 e. The van der Waals surface area contributed by atoms with Gasteiger partial charge in [0.1, 0.15) is 11.5 Å². The zero-order valence-corrected chi connectivity index (χ0v) is 14.2. The number of nitriles is 1. The van der Waals surface area contributed by atoms with Crippen molar-refractivity contribution in [2.45, 2.75) is 6.42 Å². The number of allylic oxidation sites excluding steroid dienone is 1. The number of benzene rings is 2. The Kier molecular flexibility index (Phi) is 5.10. The molecule has 0 saturated carbocycles. The summed E-state index contributed by atoms with van der Waals surface area (Å²) in [6.45, 7) is 1.25. The molecule has 25 heavy (non-hydrogen) atoms. The van der Waals surface area contributed by atoms with Crippen LogP contribution in [0.25, 0.3) is 5.57 Å². The fraction of sp³-hybridized carbons (Fsp3) is 0.250. The van der Waals surface area contributed by atoms with Crippen molar-refractivity contribution in [1.29, 1.82) is 5.26 Å². The first-order chi connectivity index (χ1) is 12.2. The Morgan fingerprint density at radius 3 is 2.28 bits per heavy atom. The van der Waals surface area contributed by atoms with E-state index in [-0.39, 0.29) is 0 Å². The van der Waals surface area contributed by atoms with E-state index in [1.54, 1.807) is 20.3 Å². The average Bonchev–Trinajstić information content (AvgIpc) is 2.90. The van der Waals surface area contributed by atoms with E-state index in [9.17, 15) is 5.26 Å². The zero-order chi connectivity index (χ0) is 17.6. The lowest BCUT2D eigenvalue weighted by molar-refractivity contribution is 0.297. The molecule has 0 N–H and O–H groups in total. The molecule has 1 aliphatic rings. The number of methoxy groups -OCH3 is 2. The molecule has 2 aromatic carbocycles. The molecule has 0 amide bonds. The Hall–Kier alpha value is -3.13. The molecule has 0 unspecified atom stereocenters. The first-order valence-electron chi connectivity index (χ1n) is 7.98. The van der Waals surface area contributed by atoms with Gasteiger partial charge in [-0.3, -0.25) is 0 Å². The predicted octanol–water partition coefficient (Wildman–Crippen LogP) is 3.82. The summed E-state index contributed by atoms with van der Waals surface area (Å²) in [5.41, 5.74) is 2.45. The van der Waals surface area contributed by atoms with E-state index in [0.717, 1.165) is 28.9 Å². The Labute approximate surface area is 147 Å². The smallest absolute Gasteiger partial charge is 0.161 e. The van der Waals surface area contributed by atoms with E-state index in [0.29, 0.717) is 30.5 Å². The van der Waals surface area contributed by atoms with Crippen molar-refractivity contribution in [3.05, 3.63) is 53.6 Å². The van der Waals surface area contributed by atoms with Gasteiger partial charge in [0.25, 0.3) is 0 Å². The lowest BCUT2D eigenvalue weighted by Crippen LogP contribution is -1.97. The topological polar surface area (TPSA) is 60.7 Å². The second-order valence-electron chi connectivity index (χ2n) is 5.50. The zero-order valence-electron chi connectivity index (χ0n) is 14.2. The van der Waals surface area contributed by atoms with Gasteiger partial charge < -0.3 is 18.9 Å². The quantitative estimate of drug-likeness (QED) is 0.794. The number of nitrogens with zero attached hydrogens (tertiary/aromatic N) is 1. The largest absolute Gasteiger partial charge is 0.497 e. The van der Waals surface area contributed by atoms with Crippen molar-refractivity contribution in [2.75, 3.05) is 27.4 Å². The van der Waals surface area contributed by atoms with Crippen LogP contribution in [-0.4, -0.2) is 27.4 Å². The average molecular weight is 337 g/mol. The van der Waals surface area contributed by atoms with E-state index in [1.165, 1.54) is 6.08 Å². The lowest BCUT2D eigenvalue weighted by Gasteiger charge is -2.13. The van der Waals surface area contributed by atoms with E-state index in [4.69, 9.17) is 18.9 Å². The first kappa shape index (κ1) is 16.7. The van der Waals surface area contributed by atoms with E-state index >= 15 is 0 Å². The van der Waals surface area contributed by atoms with Crippen LogP contribution in [0.3, 0.4) is 0 Å². The summed E-state index contributed by atoms with van der Waals surface area (Å²) < 4.78 is 22.1. The van der Waals surface area contributed by atoms with Gasteiger partial charge in [-0.15, -0.1) is 0 Å². The van der Waals surface area contributed by atoms with Gasteiger partial charge in [0.15, 0.2) is 11.5 Å². The third-order valence-corrected chi connectivity index (χ3v) is 3.93. The minimum absolute atomic E-state index is 0.612.